The Balaban J connectivity index is 2.84. The summed E-state index contributed by atoms with van der Waals surface area (Å²) in [4.78, 5) is 50.8. The third-order valence-electron chi connectivity index (χ3n) is 6.74. The maximum atomic E-state index is 13.0. The Labute approximate surface area is 215 Å². The molecule has 0 aromatic rings. The van der Waals surface area contributed by atoms with E-state index in [0.29, 0.717) is 0 Å². The van der Waals surface area contributed by atoms with Gasteiger partial charge in [0.25, 0.3) is 0 Å². The van der Waals surface area contributed by atoms with Crippen molar-refractivity contribution in [2.24, 2.45) is 5.92 Å². The van der Waals surface area contributed by atoms with Crippen LogP contribution in [0.5, 0.6) is 0 Å². The maximum Gasteiger partial charge on any atom is 0.410 e. The average molecular weight is 526 g/mol. The lowest BCUT2D eigenvalue weighted by molar-refractivity contribution is -0.141. The molecule has 3 amide bonds. The number of hydrogen-bond donors (Lipinski definition) is 2. The van der Waals surface area contributed by atoms with Crippen LogP contribution in [0.3, 0.4) is 0 Å². The number of carbonyl (C=O) groups is 4. The molecule has 0 spiro atoms. The van der Waals surface area contributed by atoms with E-state index in [9.17, 15) is 19.2 Å². The zero-order chi connectivity index (χ0) is 27.7. The number of ketones is 1. The van der Waals surface area contributed by atoms with Crippen molar-refractivity contribution >= 4 is 32.2 Å². The molecular weight excluding hydrogens is 482 g/mol. The van der Waals surface area contributed by atoms with Crippen LogP contribution < -0.4 is 10.6 Å². The zero-order valence-electron chi connectivity index (χ0n) is 22.7. The summed E-state index contributed by atoms with van der Waals surface area (Å²) >= 11 is 0. The molecule has 0 aliphatic carbocycles. The van der Waals surface area contributed by atoms with Gasteiger partial charge >= 0.3 is 12.2 Å². The van der Waals surface area contributed by atoms with E-state index in [0.717, 1.165) is 0 Å². The highest BCUT2D eigenvalue weighted by Gasteiger charge is 2.48. The van der Waals surface area contributed by atoms with Gasteiger partial charge in [-0.25, -0.2) is 9.59 Å². The molecule has 204 valence electrons. The second-order valence-electron chi connectivity index (χ2n) is 10.6. The van der Waals surface area contributed by atoms with Crippen molar-refractivity contribution in [2.75, 3.05) is 26.8 Å². The first-order valence-electron chi connectivity index (χ1n) is 12.2. The zero-order valence-corrected chi connectivity index (χ0v) is 23.7. The fourth-order valence-electron chi connectivity index (χ4n) is 3.59. The molecule has 11 heteroatoms. The van der Waals surface area contributed by atoms with Crippen molar-refractivity contribution in [3.05, 3.63) is 25.3 Å². The minimum Gasteiger partial charge on any atom is -0.445 e. The number of ether oxygens (including phenoxy) is 2. The summed E-state index contributed by atoms with van der Waals surface area (Å²) in [6, 6.07) is -1.03. The van der Waals surface area contributed by atoms with E-state index in [1.54, 1.807) is 0 Å². The van der Waals surface area contributed by atoms with E-state index >= 15 is 0 Å². The highest BCUT2D eigenvalue weighted by atomic mass is 28.4. The summed E-state index contributed by atoms with van der Waals surface area (Å²) in [5.41, 5.74) is 0. The van der Waals surface area contributed by atoms with Crippen LogP contribution in [-0.2, 0) is 23.5 Å². The third kappa shape index (κ3) is 9.09. The molecule has 1 fully saturated rings. The summed E-state index contributed by atoms with van der Waals surface area (Å²) in [5, 5.41) is 5.36. The first-order valence-corrected chi connectivity index (χ1v) is 15.1. The summed E-state index contributed by atoms with van der Waals surface area (Å²) in [7, 11) is -0.607. The standard InChI is InChI=1S/C25H43N3O7Si/c1-10-12-33-23(31)26-16-18(28(7)24(32)34-13-11-2)14-19(29)15-20-21(22(30)27-20)17(3)35-36(8,9)25(4,5)6/h10-11,17-18,20-21H,1-2,12-16H2,3-9H3,(H,26,31)(H,27,30)/t17-,18-,20-,21-/m1/s1. The Bertz CT molecular complexity index is 825. The lowest BCUT2D eigenvalue weighted by Crippen LogP contribution is -2.64. The van der Waals surface area contributed by atoms with Crippen LogP contribution >= 0.6 is 0 Å². The number of likely N-dealkylation sites (N-methyl/N-ethyl adjacent to an activating group) is 1. The van der Waals surface area contributed by atoms with Crippen LogP contribution in [0, 0.1) is 5.92 Å². The van der Waals surface area contributed by atoms with E-state index in [2.05, 4.69) is 57.7 Å². The molecule has 10 nitrogen and oxygen atoms in total. The molecule has 1 rings (SSSR count). The molecule has 1 aliphatic heterocycles. The van der Waals surface area contributed by atoms with Gasteiger partial charge in [0.05, 0.1) is 18.1 Å². The smallest absolute Gasteiger partial charge is 0.410 e. The fourth-order valence-corrected chi connectivity index (χ4v) is 5.02. The van der Waals surface area contributed by atoms with E-state index in [-0.39, 0.29) is 61.5 Å². The molecule has 1 heterocycles. The molecule has 4 atom stereocenters. The Morgan fingerprint density at radius 1 is 1.17 bits per heavy atom. The largest absolute Gasteiger partial charge is 0.445 e. The van der Waals surface area contributed by atoms with E-state index in [4.69, 9.17) is 13.9 Å². The normalized spacial score (nSPS) is 19.1. The average Bonchev–Trinajstić information content (AvgIpc) is 2.76. The van der Waals surface area contributed by atoms with Crippen LogP contribution in [0.4, 0.5) is 9.59 Å². The number of rotatable bonds is 14. The number of amides is 3. The van der Waals surface area contributed by atoms with Crippen LogP contribution in [0.25, 0.3) is 0 Å². The molecule has 0 radical (unpaired) electrons. The molecule has 36 heavy (non-hydrogen) atoms. The summed E-state index contributed by atoms with van der Waals surface area (Å²) in [5.74, 6) is -0.727. The molecule has 1 aliphatic rings. The molecule has 0 aromatic carbocycles. The van der Waals surface area contributed by atoms with Gasteiger partial charge in [0.15, 0.2) is 8.32 Å². The third-order valence-corrected chi connectivity index (χ3v) is 11.3. The molecule has 0 bridgehead atoms. The van der Waals surface area contributed by atoms with Gasteiger partial charge in [-0.3, -0.25) is 9.59 Å². The quantitative estimate of drug-likeness (QED) is 0.202. The number of hydrogen-bond acceptors (Lipinski definition) is 7. The van der Waals surface area contributed by atoms with Gasteiger partial charge in [-0.15, -0.1) is 0 Å². The van der Waals surface area contributed by atoms with Crippen LogP contribution in [0.15, 0.2) is 25.3 Å². The lowest BCUT2D eigenvalue weighted by Gasteiger charge is -2.45. The number of alkyl carbamates (subject to hydrolysis) is 1. The summed E-state index contributed by atoms with van der Waals surface area (Å²) < 4.78 is 16.4. The molecule has 2 N–H and O–H groups in total. The highest BCUT2D eigenvalue weighted by molar-refractivity contribution is 6.74. The first kappa shape index (κ1) is 31.4. The van der Waals surface area contributed by atoms with Crippen molar-refractivity contribution in [1.29, 1.82) is 0 Å². The van der Waals surface area contributed by atoms with Gasteiger partial charge in [-0.1, -0.05) is 46.1 Å². The second-order valence-corrected chi connectivity index (χ2v) is 15.3. The second kappa shape index (κ2) is 13.6. The monoisotopic (exact) mass is 525 g/mol. The topological polar surface area (TPSA) is 123 Å². The van der Waals surface area contributed by atoms with E-state index in [1.165, 1.54) is 24.1 Å². The lowest BCUT2D eigenvalue weighted by atomic mass is 9.82. The maximum absolute atomic E-state index is 13.0. The van der Waals surface area contributed by atoms with Crippen LogP contribution in [0.1, 0.15) is 40.5 Å². The Morgan fingerprint density at radius 2 is 1.75 bits per heavy atom. The van der Waals surface area contributed by atoms with Gasteiger partial charge in [0, 0.05) is 32.5 Å². The number of nitrogens with one attached hydrogen (secondary N) is 2. The Hall–Kier alpha value is -2.66. The number of β-lactam (4-membered cyclic amide) rings is 1. The van der Waals surface area contributed by atoms with Gasteiger partial charge < -0.3 is 29.4 Å². The number of carbonyl (C=O) groups excluding carboxylic acids is 4. The minimum atomic E-state index is -2.10. The van der Waals surface area contributed by atoms with Crippen LogP contribution in [0.2, 0.25) is 18.1 Å². The Kier molecular flexibility index (Phi) is 11.8. The molecule has 1 saturated heterocycles. The first-order chi connectivity index (χ1) is 16.6. The van der Waals surface area contributed by atoms with Gasteiger partial charge in [-0.2, -0.15) is 0 Å². The summed E-state index contributed by atoms with van der Waals surface area (Å²) in [6.45, 7) is 19.5. The van der Waals surface area contributed by atoms with Gasteiger partial charge in [0.2, 0.25) is 5.91 Å². The van der Waals surface area contributed by atoms with Crippen molar-refractivity contribution in [3.63, 3.8) is 0 Å². The number of Topliss-reactive ketones (excluding diaryl/α,β-unsaturated/α-hetero) is 1. The predicted molar refractivity (Wildman–Crippen MR) is 140 cm³/mol. The predicted octanol–water partition coefficient (Wildman–Crippen LogP) is 3.40. The Morgan fingerprint density at radius 3 is 2.28 bits per heavy atom. The van der Waals surface area contributed by atoms with Crippen molar-refractivity contribution in [2.45, 2.75) is 76.9 Å². The van der Waals surface area contributed by atoms with E-state index < -0.39 is 32.5 Å². The summed E-state index contributed by atoms with van der Waals surface area (Å²) in [6.07, 6.45) is 1.24. The van der Waals surface area contributed by atoms with Gasteiger partial charge in [0.1, 0.15) is 19.0 Å². The molecule has 0 unspecified atom stereocenters. The van der Waals surface area contributed by atoms with Gasteiger partial charge in [-0.05, 0) is 25.1 Å². The SMILES string of the molecule is C=CCOC(=O)NC[C@@H](CC(=O)C[C@H]1NC(=O)[C@@H]1[C@@H](C)O[Si](C)(C)C(C)(C)C)N(C)C(=O)OCC=C. The molecular formula is C25H43N3O7Si. The minimum absolute atomic E-state index is 0.00929. The molecule has 0 aromatic heterocycles. The van der Waals surface area contributed by atoms with Crippen molar-refractivity contribution in [3.8, 4) is 0 Å². The highest BCUT2D eigenvalue weighted by Crippen LogP contribution is 2.39. The number of nitrogens with zero attached hydrogens (tertiary/aromatic N) is 1. The molecule has 0 saturated carbocycles. The fraction of sp³-hybridized carbons (Fsp3) is 0.680. The van der Waals surface area contributed by atoms with Crippen molar-refractivity contribution < 1.29 is 33.1 Å². The van der Waals surface area contributed by atoms with E-state index in [1.807, 2.05) is 6.92 Å². The van der Waals surface area contributed by atoms with Crippen molar-refractivity contribution in [1.82, 2.24) is 15.5 Å². The van der Waals surface area contributed by atoms with Crippen LogP contribution in [-0.4, -0.2) is 82.1 Å².